The lowest BCUT2D eigenvalue weighted by Crippen LogP contribution is -2.34. The Hall–Kier alpha value is -0.120. The van der Waals surface area contributed by atoms with Crippen molar-refractivity contribution in [3.8, 4) is 0 Å². The van der Waals surface area contributed by atoms with Crippen molar-refractivity contribution in [1.82, 2.24) is 10.2 Å². The van der Waals surface area contributed by atoms with Gasteiger partial charge in [0.15, 0.2) is 0 Å². The van der Waals surface area contributed by atoms with Crippen LogP contribution in [0.2, 0.25) is 0 Å². The van der Waals surface area contributed by atoms with Gasteiger partial charge in [-0.25, -0.2) is 0 Å². The van der Waals surface area contributed by atoms with E-state index >= 15 is 0 Å². The van der Waals surface area contributed by atoms with Crippen LogP contribution in [0.5, 0.6) is 0 Å². The van der Waals surface area contributed by atoms with Crippen LogP contribution in [-0.2, 0) is 0 Å². The Morgan fingerprint density at radius 1 is 1.56 bits per heavy atom. The molecule has 0 fully saturated rings. The first-order valence-electron chi connectivity index (χ1n) is 3.42. The Bertz CT molecular complexity index is 52.3. The van der Waals surface area contributed by atoms with Crippen LogP contribution in [0.4, 0.5) is 0 Å². The van der Waals surface area contributed by atoms with Gasteiger partial charge in [0.1, 0.15) is 0 Å². The molecule has 0 saturated heterocycles. The molecule has 56 valence electrons. The molecule has 3 N–H and O–H groups in total. The molecule has 0 saturated carbocycles. The Balaban J connectivity index is 3.09. The van der Waals surface area contributed by atoms with E-state index in [9.17, 15) is 0 Å². The van der Waals surface area contributed by atoms with Crippen molar-refractivity contribution in [2.24, 2.45) is 5.73 Å². The van der Waals surface area contributed by atoms with Crippen LogP contribution >= 0.6 is 0 Å². The van der Waals surface area contributed by atoms with Gasteiger partial charge in [-0.2, -0.15) is 0 Å². The lowest BCUT2D eigenvalue weighted by molar-refractivity contribution is 0.298. The highest BCUT2D eigenvalue weighted by Crippen LogP contribution is 1.79. The molecule has 3 heteroatoms. The summed E-state index contributed by atoms with van der Waals surface area (Å²) in [6, 6.07) is 0. The van der Waals surface area contributed by atoms with Crippen molar-refractivity contribution in [2.45, 2.75) is 6.92 Å². The first kappa shape index (κ1) is 8.88. The highest BCUT2D eigenvalue weighted by Gasteiger charge is 1.94. The molecular formula is C6H17N3. The first-order chi connectivity index (χ1) is 4.35. The molecular weight excluding hydrogens is 114 g/mol. The summed E-state index contributed by atoms with van der Waals surface area (Å²) in [4.78, 5) is 2.18. The fraction of sp³-hybridized carbons (Fsp3) is 1.00. The molecule has 0 aliphatic carbocycles. The zero-order chi connectivity index (χ0) is 7.11. The van der Waals surface area contributed by atoms with Crippen LogP contribution in [0.15, 0.2) is 0 Å². The Morgan fingerprint density at radius 2 is 2.22 bits per heavy atom. The van der Waals surface area contributed by atoms with Crippen LogP contribution in [0.1, 0.15) is 6.92 Å². The zero-order valence-corrected chi connectivity index (χ0v) is 6.35. The standard InChI is InChI=1S/C6H17N3/c1-3-9(6-7)5-4-8-2/h8H,3-7H2,1-2H3. The van der Waals surface area contributed by atoms with E-state index in [0.717, 1.165) is 19.6 Å². The average Bonchev–Trinajstić information content (AvgIpc) is 1.91. The third kappa shape index (κ3) is 4.39. The second-order valence-electron chi connectivity index (χ2n) is 2.00. The van der Waals surface area contributed by atoms with Gasteiger partial charge in [0, 0.05) is 19.8 Å². The van der Waals surface area contributed by atoms with E-state index in [4.69, 9.17) is 5.73 Å². The summed E-state index contributed by atoms with van der Waals surface area (Å²) in [5.74, 6) is 0. The summed E-state index contributed by atoms with van der Waals surface area (Å²) in [6.07, 6.45) is 0. The zero-order valence-electron chi connectivity index (χ0n) is 6.35. The molecule has 0 radical (unpaired) electrons. The minimum Gasteiger partial charge on any atom is -0.318 e. The predicted molar refractivity (Wildman–Crippen MR) is 40.2 cm³/mol. The van der Waals surface area contributed by atoms with Gasteiger partial charge in [0.25, 0.3) is 0 Å². The van der Waals surface area contributed by atoms with Crippen molar-refractivity contribution in [1.29, 1.82) is 0 Å². The molecule has 0 bridgehead atoms. The van der Waals surface area contributed by atoms with E-state index in [2.05, 4.69) is 17.1 Å². The van der Waals surface area contributed by atoms with Crippen LogP contribution < -0.4 is 11.1 Å². The maximum atomic E-state index is 5.42. The van der Waals surface area contributed by atoms with Gasteiger partial charge < -0.3 is 11.1 Å². The number of likely N-dealkylation sites (N-methyl/N-ethyl adjacent to an activating group) is 2. The normalized spacial score (nSPS) is 10.7. The molecule has 0 unspecified atom stereocenters. The quantitative estimate of drug-likeness (QED) is 0.492. The topological polar surface area (TPSA) is 41.3 Å². The minimum absolute atomic E-state index is 0.665. The highest BCUT2D eigenvalue weighted by molar-refractivity contribution is 4.51. The van der Waals surface area contributed by atoms with Crippen LogP contribution in [-0.4, -0.2) is 38.3 Å². The first-order valence-corrected chi connectivity index (χ1v) is 3.42. The monoisotopic (exact) mass is 131 g/mol. The van der Waals surface area contributed by atoms with Crippen LogP contribution in [0.3, 0.4) is 0 Å². The van der Waals surface area contributed by atoms with Crippen LogP contribution in [0, 0.1) is 0 Å². The van der Waals surface area contributed by atoms with Gasteiger partial charge in [-0.05, 0) is 13.6 Å². The Morgan fingerprint density at radius 3 is 2.56 bits per heavy atom. The van der Waals surface area contributed by atoms with E-state index in [1.54, 1.807) is 0 Å². The summed E-state index contributed by atoms with van der Waals surface area (Å²) >= 11 is 0. The lowest BCUT2D eigenvalue weighted by Gasteiger charge is -2.16. The highest BCUT2D eigenvalue weighted by atomic mass is 15.2. The molecule has 0 aliphatic heterocycles. The molecule has 0 aromatic rings. The summed E-state index contributed by atoms with van der Waals surface area (Å²) in [6.45, 7) is 5.88. The summed E-state index contributed by atoms with van der Waals surface area (Å²) < 4.78 is 0. The summed E-state index contributed by atoms with van der Waals surface area (Å²) in [5.41, 5.74) is 5.42. The van der Waals surface area contributed by atoms with Gasteiger partial charge >= 0.3 is 0 Å². The number of nitrogens with two attached hydrogens (primary N) is 1. The SMILES string of the molecule is CCN(CN)CCNC. The van der Waals surface area contributed by atoms with Crippen molar-refractivity contribution >= 4 is 0 Å². The van der Waals surface area contributed by atoms with Gasteiger partial charge in [0.2, 0.25) is 0 Å². The fourth-order valence-electron chi connectivity index (χ4n) is 0.648. The third-order valence-electron chi connectivity index (χ3n) is 1.38. The second-order valence-corrected chi connectivity index (χ2v) is 2.00. The number of rotatable bonds is 5. The fourth-order valence-corrected chi connectivity index (χ4v) is 0.648. The average molecular weight is 131 g/mol. The summed E-state index contributed by atoms with van der Waals surface area (Å²) in [5, 5.41) is 3.07. The number of nitrogens with zero attached hydrogens (tertiary/aromatic N) is 1. The van der Waals surface area contributed by atoms with Crippen molar-refractivity contribution < 1.29 is 0 Å². The van der Waals surface area contributed by atoms with Crippen molar-refractivity contribution in [3.05, 3.63) is 0 Å². The predicted octanol–water partition coefficient (Wildman–Crippen LogP) is -0.556. The Kier molecular flexibility index (Phi) is 5.93. The molecule has 0 aliphatic rings. The molecule has 0 rings (SSSR count). The van der Waals surface area contributed by atoms with Crippen molar-refractivity contribution in [2.75, 3.05) is 33.4 Å². The van der Waals surface area contributed by atoms with E-state index in [0.29, 0.717) is 6.67 Å². The summed E-state index contributed by atoms with van der Waals surface area (Å²) in [7, 11) is 1.95. The molecule has 0 heterocycles. The minimum atomic E-state index is 0.665. The van der Waals surface area contributed by atoms with Gasteiger partial charge in [-0.15, -0.1) is 0 Å². The van der Waals surface area contributed by atoms with Crippen LogP contribution in [0.25, 0.3) is 0 Å². The van der Waals surface area contributed by atoms with E-state index in [-0.39, 0.29) is 0 Å². The van der Waals surface area contributed by atoms with Gasteiger partial charge in [0.05, 0.1) is 0 Å². The maximum Gasteiger partial charge on any atom is 0.0455 e. The number of hydrogen-bond acceptors (Lipinski definition) is 3. The van der Waals surface area contributed by atoms with Crippen molar-refractivity contribution in [3.63, 3.8) is 0 Å². The van der Waals surface area contributed by atoms with Gasteiger partial charge in [-0.1, -0.05) is 6.92 Å². The Labute approximate surface area is 57.2 Å². The van der Waals surface area contributed by atoms with E-state index in [1.807, 2.05) is 7.05 Å². The molecule has 3 nitrogen and oxygen atoms in total. The molecule has 0 aromatic heterocycles. The molecule has 0 atom stereocenters. The smallest absolute Gasteiger partial charge is 0.0455 e. The molecule has 0 spiro atoms. The lowest BCUT2D eigenvalue weighted by atomic mass is 10.5. The molecule has 0 amide bonds. The maximum absolute atomic E-state index is 5.42. The van der Waals surface area contributed by atoms with Gasteiger partial charge in [-0.3, -0.25) is 4.90 Å². The van der Waals surface area contributed by atoms with E-state index < -0.39 is 0 Å². The van der Waals surface area contributed by atoms with E-state index in [1.165, 1.54) is 0 Å². The molecule has 9 heavy (non-hydrogen) atoms. The number of nitrogens with one attached hydrogen (secondary N) is 1. The second kappa shape index (κ2) is 6.01. The third-order valence-corrected chi connectivity index (χ3v) is 1.38. The molecule has 0 aromatic carbocycles. The number of hydrogen-bond donors (Lipinski definition) is 2. The largest absolute Gasteiger partial charge is 0.318 e.